The third-order valence-electron chi connectivity index (χ3n) is 3.24. The van der Waals surface area contributed by atoms with E-state index in [1.165, 1.54) is 72.8 Å². The van der Waals surface area contributed by atoms with Crippen LogP contribution < -0.4 is 15.3 Å². The van der Waals surface area contributed by atoms with Crippen LogP contribution >= 0.6 is 34.8 Å². The van der Waals surface area contributed by atoms with E-state index in [1.54, 1.807) is 0 Å². The van der Waals surface area contributed by atoms with Gasteiger partial charge in [0, 0.05) is 15.1 Å². The molecule has 0 fully saturated rings. The van der Waals surface area contributed by atoms with Gasteiger partial charge >= 0.3 is 32.7 Å². The van der Waals surface area contributed by atoms with Gasteiger partial charge in [0.05, 0.1) is 17.9 Å². The first-order valence-electron chi connectivity index (χ1n) is 8.01. The number of carboxylic acids is 3. The fraction of sp³-hybridized carbons (Fsp3) is 0. The minimum atomic E-state index is -1.18. The Bertz CT molecular complexity index is 859. The third kappa shape index (κ3) is 11.9. The maximum absolute atomic E-state index is 10.2. The quantitative estimate of drug-likeness (QED) is 0.488. The number of carboxylic acid groups (broad SMARTS) is 3. The number of hydrogen-bond donors (Lipinski definition) is 0. The summed E-state index contributed by atoms with van der Waals surface area (Å²) in [7, 11) is 0. The molecule has 6 nitrogen and oxygen atoms in total. The molecule has 0 aliphatic heterocycles. The van der Waals surface area contributed by atoms with Crippen LogP contribution in [0.15, 0.2) is 72.8 Å². The first kappa shape index (κ1) is 29.0. The average molecular weight is 556 g/mol. The summed E-state index contributed by atoms with van der Waals surface area (Å²) in [5.74, 6) is -3.55. The van der Waals surface area contributed by atoms with Crippen molar-refractivity contribution in [2.75, 3.05) is 0 Å². The summed E-state index contributed by atoms with van der Waals surface area (Å²) < 4.78 is 0. The van der Waals surface area contributed by atoms with E-state index in [4.69, 9.17) is 34.8 Å². The molecule has 3 rings (SSSR count). The molecule has 3 aromatic carbocycles. The predicted octanol–water partition coefficient (Wildman–Crippen LogP) is 2.11. The summed E-state index contributed by atoms with van der Waals surface area (Å²) >= 11 is 16.5. The zero-order valence-electron chi connectivity index (χ0n) is 15.6. The maximum Gasteiger partial charge on any atom is 3.00 e. The Morgan fingerprint density at radius 3 is 0.742 bits per heavy atom. The molecular weight excluding hydrogens is 543 g/mol. The molecule has 10 heteroatoms. The van der Waals surface area contributed by atoms with E-state index in [9.17, 15) is 29.7 Å². The fourth-order valence-corrected chi connectivity index (χ4v) is 2.14. The molecule has 0 N–H and O–H groups in total. The van der Waals surface area contributed by atoms with Crippen molar-refractivity contribution < 1.29 is 62.4 Å². The van der Waals surface area contributed by atoms with E-state index in [2.05, 4.69) is 0 Å². The molecule has 31 heavy (non-hydrogen) atoms. The van der Waals surface area contributed by atoms with Crippen LogP contribution in [0.5, 0.6) is 0 Å². The summed E-state index contributed by atoms with van der Waals surface area (Å²) in [5.41, 5.74) is 0.429. The second-order valence-electron chi connectivity index (χ2n) is 5.38. The van der Waals surface area contributed by atoms with Gasteiger partial charge in [0.1, 0.15) is 0 Å². The molecule has 0 aliphatic carbocycles. The van der Waals surface area contributed by atoms with Crippen molar-refractivity contribution in [3.63, 3.8) is 0 Å². The SMILES string of the molecule is O=C([O-])c1ccc(Cl)cc1.O=C([O-])c1ccc(Cl)cc1.O=C([O-])c1ccc(Cl)cc1.[Y+3]. The summed E-state index contributed by atoms with van der Waals surface area (Å²) in [6.07, 6.45) is 0. The van der Waals surface area contributed by atoms with E-state index in [0.29, 0.717) is 15.1 Å². The summed E-state index contributed by atoms with van der Waals surface area (Å²) in [6, 6.07) is 17.4. The van der Waals surface area contributed by atoms with Gasteiger partial charge in [-0.2, -0.15) is 0 Å². The van der Waals surface area contributed by atoms with Crippen LogP contribution in [-0.2, 0) is 32.7 Å². The van der Waals surface area contributed by atoms with Crippen LogP contribution in [0.25, 0.3) is 0 Å². The van der Waals surface area contributed by atoms with Crippen LogP contribution in [0.3, 0.4) is 0 Å². The van der Waals surface area contributed by atoms with E-state index in [0.717, 1.165) is 0 Å². The number of hydrogen-bond acceptors (Lipinski definition) is 6. The van der Waals surface area contributed by atoms with E-state index < -0.39 is 17.9 Å². The van der Waals surface area contributed by atoms with E-state index >= 15 is 0 Å². The molecular formula is C21H12Cl3O6Y. The van der Waals surface area contributed by atoms with Crippen molar-refractivity contribution in [3.05, 3.63) is 105 Å². The molecule has 0 bridgehead atoms. The van der Waals surface area contributed by atoms with Crippen molar-refractivity contribution in [3.8, 4) is 0 Å². The molecule has 0 aliphatic rings. The Hall–Kier alpha value is -1.96. The number of carbonyl (C=O) groups is 3. The van der Waals surface area contributed by atoms with Crippen LogP contribution in [0.1, 0.15) is 31.1 Å². The molecule has 0 aromatic heterocycles. The zero-order chi connectivity index (χ0) is 22.7. The van der Waals surface area contributed by atoms with Crippen molar-refractivity contribution in [2.45, 2.75) is 0 Å². The van der Waals surface area contributed by atoms with Crippen LogP contribution in [0, 0.1) is 0 Å². The Balaban J connectivity index is 0.000000429. The Kier molecular flexibility index (Phi) is 14.0. The van der Waals surface area contributed by atoms with E-state index in [-0.39, 0.29) is 49.4 Å². The van der Waals surface area contributed by atoms with Crippen LogP contribution in [0.2, 0.25) is 15.1 Å². The molecule has 0 saturated heterocycles. The molecule has 0 saturated carbocycles. The van der Waals surface area contributed by atoms with Gasteiger partial charge < -0.3 is 29.7 Å². The normalized spacial score (nSPS) is 9.00. The average Bonchev–Trinajstić information content (AvgIpc) is 2.70. The molecule has 0 unspecified atom stereocenters. The topological polar surface area (TPSA) is 120 Å². The number of halogens is 3. The second kappa shape index (κ2) is 14.9. The minimum absolute atomic E-state index is 0. The van der Waals surface area contributed by atoms with Crippen LogP contribution in [-0.4, -0.2) is 17.9 Å². The molecule has 0 spiro atoms. The first-order chi connectivity index (χ1) is 14.1. The van der Waals surface area contributed by atoms with Gasteiger partial charge in [0.25, 0.3) is 0 Å². The van der Waals surface area contributed by atoms with Gasteiger partial charge in [-0.15, -0.1) is 0 Å². The predicted molar refractivity (Wildman–Crippen MR) is 107 cm³/mol. The van der Waals surface area contributed by atoms with Gasteiger partial charge in [-0.1, -0.05) is 71.2 Å². The summed E-state index contributed by atoms with van der Waals surface area (Å²) in [5, 5.41) is 32.0. The first-order valence-corrected chi connectivity index (χ1v) is 9.14. The second-order valence-corrected chi connectivity index (χ2v) is 6.69. The smallest absolute Gasteiger partial charge is 0.545 e. The van der Waals surface area contributed by atoms with Gasteiger partial charge in [-0.3, -0.25) is 0 Å². The fourth-order valence-electron chi connectivity index (χ4n) is 1.76. The van der Waals surface area contributed by atoms with Gasteiger partial charge in [0.15, 0.2) is 0 Å². The Labute approximate surface area is 218 Å². The van der Waals surface area contributed by atoms with Crippen molar-refractivity contribution in [1.82, 2.24) is 0 Å². The monoisotopic (exact) mass is 554 g/mol. The van der Waals surface area contributed by atoms with E-state index in [1.807, 2.05) is 0 Å². The number of carbonyl (C=O) groups excluding carboxylic acids is 3. The van der Waals surface area contributed by atoms with Crippen molar-refractivity contribution in [2.24, 2.45) is 0 Å². The largest absolute Gasteiger partial charge is 3.00 e. The van der Waals surface area contributed by atoms with Crippen molar-refractivity contribution in [1.29, 1.82) is 0 Å². The number of rotatable bonds is 3. The molecule has 0 radical (unpaired) electrons. The summed E-state index contributed by atoms with van der Waals surface area (Å²) in [6.45, 7) is 0. The third-order valence-corrected chi connectivity index (χ3v) is 4.00. The summed E-state index contributed by atoms with van der Waals surface area (Å²) in [4.78, 5) is 30.5. The Morgan fingerprint density at radius 2 is 0.613 bits per heavy atom. The van der Waals surface area contributed by atoms with Gasteiger partial charge in [-0.05, 0) is 53.1 Å². The standard InChI is InChI=1S/3C7H5ClO2.Y/c3*8-6-3-1-5(2-4-6)7(9)10;/h3*1-4H,(H,9,10);/q;;;+3/p-3. The molecule has 3 aromatic rings. The molecule has 0 amide bonds. The molecule has 156 valence electrons. The zero-order valence-corrected chi connectivity index (χ0v) is 20.7. The number of benzene rings is 3. The molecule has 0 heterocycles. The van der Waals surface area contributed by atoms with Gasteiger partial charge in [0.2, 0.25) is 0 Å². The van der Waals surface area contributed by atoms with Gasteiger partial charge in [-0.25, -0.2) is 0 Å². The Morgan fingerprint density at radius 1 is 0.452 bits per heavy atom. The van der Waals surface area contributed by atoms with Crippen LogP contribution in [0.4, 0.5) is 0 Å². The number of aromatic carboxylic acids is 3. The maximum atomic E-state index is 10.2. The molecule has 0 atom stereocenters. The minimum Gasteiger partial charge on any atom is -0.545 e. The van der Waals surface area contributed by atoms with Crippen molar-refractivity contribution >= 4 is 52.7 Å².